The Morgan fingerprint density at radius 2 is 1.78 bits per heavy atom. The first-order chi connectivity index (χ1) is 7.97. The Morgan fingerprint density at radius 1 is 1.28 bits per heavy atom. The van der Waals surface area contributed by atoms with Gasteiger partial charge in [0.05, 0.1) is 3.57 Å². The Bertz CT molecular complexity index is 586. The number of alkyl halides is 3. The second-order valence-electron chi connectivity index (χ2n) is 2.78. The molecule has 0 spiro atoms. The van der Waals surface area contributed by atoms with Gasteiger partial charge in [0.1, 0.15) is 10.8 Å². The molecule has 0 N–H and O–H groups in total. The summed E-state index contributed by atoms with van der Waals surface area (Å²) in [5.74, 6) is -3.99. The zero-order valence-electron chi connectivity index (χ0n) is 7.86. The van der Waals surface area contributed by atoms with Crippen LogP contribution < -0.4 is 4.18 Å². The molecule has 1 aromatic rings. The van der Waals surface area contributed by atoms with Crippen LogP contribution in [0.15, 0.2) is 6.07 Å². The standard InChI is InChI=1S/C7HClF5IO3S/c8-4-3(1-2(9)6(14)5(4)10)17-18(15,16)7(11,12)13/h1H. The van der Waals surface area contributed by atoms with Crippen molar-refractivity contribution in [3.05, 3.63) is 26.3 Å². The Morgan fingerprint density at radius 3 is 2.22 bits per heavy atom. The van der Waals surface area contributed by atoms with E-state index in [1.807, 2.05) is 0 Å². The third-order valence-electron chi connectivity index (χ3n) is 1.55. The Labute approximate surface area is 116 Å². The van der Waals surface area contributed by atoms with E-state index in [-0.39, 0.29) is 6.07 Å². The summed E-state index contributed by atoms with van der Waals surface area (Å²) < 4.78 is 86.4. The van der Waals surface area contributed by atoms with E-state index in [0.29, 0.717) is 0 Å². The van der Waals surface area contributed by atoms with Crippen molar-refractivity contribution in [3.8, 4) is 5.75 Å². The first-order valence-corrected chi connectivity index (χ1v) is 6.67. The molecule has 0 amide bonds. The lowest BCUT2D eigenvalue weighted by Crippen LogP contribution is -2.28. The van der Waals surface area contributed by atoms with E-state index in [4.69, 9.17) is 11.6 Å². The fourth-order valence-corrected chi connectivity index (χ4v) is 2.06. The highest BCUT2D eigenvalue weighted by molar-refractivity contribution is 14.1. The van der Waals surface area contributed by atoms with Crippen LogP contribution >= 0.6 is 34.2 Å². The van der Waals surface area contributed by atoms with Crippen LogP contribution in [0.3, 0.4) is 0 Å². The van der Waals surface area contributed by atoms with Crippen LogP contribution in [-0.2, 0) is 10.1 Å². The highest BCUT2D eigenvalue weighted by Gasteiger charge is 2.49. The van der Waals surface area contributed by atoms with Gasteiger partial charge in [0.25, 0.3) is 0 Å². The molecule has 11 heteroatoms. The minimum Gasteiger partial charge on any atom is -0.374 e. The average molecular weight is 422 g/mol. The van der Waals surface area contributed by atoms with Gasteiger partial charge in [0.15, 0.2) is 11.6 Å². The van der Waals surface area contributed by atoms with Gasteiger partial charge in [-0.25, -0.2) is 8.78 Å². The predicted octanol–water partition coefficient (Wildman–Crippen LogP) is 3.45. The molecule has 0 aliphatic rings. The molecule has 0 unspecified atom stereocenters. The van der Waals surface area contributed by atoms with Crippen LogP contribution in [-0.4, -0.2) is 13.9 Å². The van der Waals surface area contributed by atoms with Crippen molar-refractivity contribution in [2.45, 2.75) is 5.51 Å². The molecule has 1 rings (SSSR count). The van der Waals surface area contributed by atoms with Crippen molar-refractivity contribution in [3.63, 3.8) is 0 Å². The van der Waals surface area contributed by atoms with Gasteiger partial charge in [-0.2, -0.15) is 21.6 Å². The summed E-state index contributed by atoms with van der Waals surface area (Å²) in [6, 6.07) is 0.247. The maximum Gasteiger partial charge on any atom is 0.534 e. The van der Waals surface area contributed by atoms with Crippen molar-refractivity contribution < 1.29 is 34.6 Å². The fraction of sp³-hybridized carbons (Fsp3) is 0.143. The zero-order valence-corrected chi connectivity index (χ0v) is 11.6. The summed E-state index contributed by atoms with van der Waals surface area (Å²) in [5, 5.41) is -1.06. The molecule has 0 saturated carbocycles. The second kappa shape index (κ2) is 4.96. The summed E-state index contributed by atoms with van der Waals surface area (Å²) in [7, 11) is -6.04. The Kier molecular flexibility index (Phi) is 4.33. The maximum absolute atomic E-state index is 13.2. The van der Waals surface area contributed by atoms with E-state index in [1.54, 1.807) is 0 Å². The largest absolute Gasteiger partial charge is 0.534 e. The van der Waals surface area contributed by atoms with Crippen molar-refractivity contribution >= 4 is 44.3 Å². The monoisotopic (exact) mass is 422 g/mol. The van der Waals surface area contributed by atoms with Gasteiger partial charge in [-0.05, 0) is 22.6 Å². The molecule has 0 saturated heterocycles. The number of hydrogen-bond donors (Lipinski definition) is 0. The van der Waals surface area contributed by atoms with Crippen molar-refractivity contribution in [1.29, 1.82) is 0 Å². The minimum atomic E-state index is -6.04. The lowest BCUT2D eigenvalue weighted by Gasteiger charge is -2.11. The topological polar surface area (TPSA) is 43.4 Å². The Balaban J connectivity index is 3.31. The lowest BCUT2D eigenvalue weighted by atomic mass is 10.3. The van der Waals surface area contributed by atoms with Crippen LogP contribution in [0.4, 0.5) is 22.0 Å². The van der Waals surface area contributed by atoms with Crippen LogP contribution in [0.5, 0.6) is 5.75 Å². The van der Waals surface area contributed by atoms with Crippen LogP contribution in [0.2, 0.25) is 5.02 Å². The van der Waals surface area contributed by atoms with Crippen LogP contribution in [0.1, 0.15) is 0 Å². The quantitative estimate of drug-likeness (QED) is 0.183. The molecule has 18 heavy (non-hydrogen) atoms. The van der Waals surface area contributed by atoms with Gasteiger partial charge in [-0.15, -0.1) is 0 Å². The van der Waals surface area contributed by atoms with Gasteiger partial charge in [0, 0.05) is 6.07 Å². The highest BCUT2D eigenvalue weighted by Crippen LogP contribution is 2.35. The van der Waals surface area contributed by atoms with E-state index in [0.717, 1.165) is 0 Å². The fourth-order valence-electron chi connectivity index (χ4n) is 0.777. The summed E-state index contributed by atoms with van der Waals surface area (Å²) in [5.41, 5.74) is -5.73. The van der Waals surface area contributed by atoms with Crippen LogP contribution in [0, 0.1) is 15.2 Å². The summed E-state index contributed by atoms with van der Waals surface area (Å²) >= 11 is 6.43. The number of benzene rings is 1. The van der Waals surface area contributed by atoms with E-state index in [9.17, 15) is 30.4 Å². The van der Waals surface area contributed by atoms with E-state index in [2.05, 4.69) is 4.18 Å². The third-order valence-corrected chi connectivity index (χ3v) is 3.86. The number of halogens is 7. The van der Waals surface area contributed by atoms with Crippen molar-refractivity contribution in [2.75, 3.05) is 0 Å². The van der Waals surface area contributed by atoms with E-state index in [1.165, 1.54) is 22.6 Å². The molecule has 0 heterocycles. The number of rotatable bonds is 2. The second-order valence-corrected chi connectivity index (χ2v) is 5.78. The molecular weight excluding hydrogens is 421 g/mol. The maximum atomic E-state index is 13.2. The molecular formula is C7HClF5IO3S. The Hall–Kier alpha value is -0.360. The highest BCUT2D eigenvalue weighted by atomic mass is 127. The summed E-state index contributed by atoms with van der Waals surface area (Å²) in [4.78, 5) is 0. The SMILES string of the molecule is O=S(=O)(Oc1cc(F)c(I)c(F)c1Cl)C(F)(F)F. The smallest absolute Gasteiger partial charge is 0.374 e. The summed E-state index contributed by atoms with van der Waals surface area (Å²) in [6.45, 7) is 0. The first kappa shape index (κ1) is 15.7. The lowest BCUT2D eigenvalue weighted by molar-refractivity contribution is -0.0500. The number of hydrogen-bond acceptors (Lipinski definition) is 3. The van der Waals surface area contributed by atoms with E-state index < -0.39 is 41.6 Å². The third kappa shape index (κ3) is 2.96. The molecule has 0 aliphatic heterocycles. The van der Waals surface area contributed by atoms with Gasteiger partial charge in [-0.3, -0.25) is 0 Å². The van der Waals surface area contributed by atoms with Gasteiger partial charge in [0.2, 0.25) is 0 Å². The molecule has 0 radical (unpaired) electrons. The molecule has 0 aliphatic carbocycles. The van der Waals surface area contributed by atoms with E-state index >= 15 is 0 Å². The molecule has 0 atom stereocenters. The van der Waals surface area contributed by atoms with Crippen molar-refractivity contribution in [1.82, 2.24) is 0 Å². The molecule has 0 aromatic heterocycles. The summed E-state index contributed by atoms with van der Waals surface area (Å²) in [6.07, 6.45) is 0. The minimum absolute atomic E-state index is 0.247. The van der Waals surface area contributed by atoms with Crippen LogP contribution in [0.25, 0.3) is 0 Å². The zero-order chi connectivity index (χ0) is 14.3. The molecule has 3 nitrogen and oxygen atoms in total. The molecule has 102 valence electrons. The predicted molar refractivity (Wildman–Crippen MR) is 59.7 cm³/mol. The van der Waals surface area contributed by atoms with Gasteiger partial charge in [-0.1, -0.05) is 11.6 Å². The van der Waals surface area contributed by atoms with Gasteiger partial charge >= 0.3 is 15.6 Å². The molecule has 0 bridgehead atoms. The van der Waals surface area contributed by atoms with Gasteiger partial charge < -0.3 is 4.18 Å². The molecule has 0 fully saturated rings. The first-order valence-electron chi connectivity index (χ1n) is 3.81. The van der Waals surface area contributed by atoms with Crippen molar-refractivity contribution in [2.24, 2.45) is 0 Å². The average Bonchev–Trinajstić information content (AvgIpc) is 2.21. The molecule has 1 aromatic carbocycles. The normalized spacial score (nSPS) is 12.6.